The molecule has 0 saturated carbocycles. The first kappa shape index (κ1) is 14.7. The van der Waals surface area contributed by atoms with Crippen LogP contribution in [0.15, 0.2) is 23.4 Å². The number of quaternary nitrogens is 1. The summed E-state index contributed by atoms with van der Waals surface area (Å²) in [5.74, 6) is -0.719. The number of aliphatic carboxylic acids is 1. The molecule has 2 saturated heterocycles. The molecule has 1 amide bonds. The van der Waals surface area contributed by atoms with E-state index >= 15 is 0 Å². The van der Waals surface area contributed by atoms with Crippen LogP contribution in [0.4, 0.5) is 0 Å². The summed E-state index contributed by atoms with van der Waals surface area (Å²) in [5.41, 5.74) is 0.783. The van der Waals surface area contributed by atoms with Gasteiger partial charge in [0.25, 0.3) is 0 Å². The lowest BCUT2D eigenvalue weighted by atomic mass is 10.1. The normalized spacial score (nSPS) is 28.0. The topological polar surface area (TPSA) is 60.4 Å². The highest BCUT2D eigenvalue weighted by molar-refractivity contribution is 8.00. The molecule has 0 spiro atoms. The van der Waals surface area contributed by atoms with E-state index in [9.17, 15) is 14.7 Å². The molecule has 21 heavy (non-hydrogen) atoms. The average molecular weight is 308 g/mol. The van der Waals surface area contributed by atoms with E-state index in [1.165, 1.54) is 30.8 Å². The van der Waals surface area contributed by atoms with Crippen molar-refractivity contribution in [2.45, 2.75) is 24.6 Å². The first-order chi connectivity index (χ1) is 10.0. The molecule has 0 bridgehead atoms. The first-order valence-electron chi connectivity index (χ1n) is 7.38. The molecule has 1 atom stereocenters. The minimum absolute atomic E-state index is 0.00863. The fourth-order valence-electron chi connectivity index (χ4n) is 3.29. The SMILES string of the molecule is C[N+]1(CC=CC2=C(C(=O)[O-])N3C(=O)C[C@H]3SC2)CCCC1. The lowest BCUT2D eigenvalue weighted by molar-refractivity contribution is -0.891. The summed E-state index contributed by atoms with van der Waals surface area (Å²) >= 11 is 1.63. The maximum Gasteiger partial charge on any atom is 0.231 e. The van der Waals surface area contributed by atoms with Gasteiger partial charge in [-0.1, -0.05) is 6.08 Å². The summed E-state index contributed by atoms with van der Waals surface area (Å²) in [7, 11) is 2.23. The highest BCUT2D eigenvalue weighted by Gasteiger charge is 2.42. The number of likely N-dealkylation sites (tertiary alicyclic amines) is 1. The molecule has 0 aromatic carbocycles. The van der Waals surface area contributed by atoms with Crippen LogP contribution in [0, 0.1) is 0 Å². The number of likely N-dealkylation sites (N-methyl/N-ethyl adjacent to an activating group) is 1. The van der Waals surface area contributed by atoms with Gasteiger partial charge in [-0.25, -0.2) is 0 Å². The van der Waals surface area contributed by atoms with Gasteiger partial charge < -0.3 is 14.4 Å². The lowest BCUT2D eigenvalue weighted by Gasteiger charge is -2.45. The van der Waals surface area contributed by atoms with E-state index in [-0.39, 0.29) is 17.0 Å². The third-order valence-electron chi connectivity index (χ3n) is 4.59. The fraction of sp³-hybridized carbons (Fsp3) is 0.600. The molecule has 3 aliphatic rings. The number of thioether (sulfide) groups is 1. The Morgan fingerprint density at radius 3 is 2.81 bits per heavy atom. The third kappa shape index (κ3) is 2.74. The number of carboxylic acids is 1. The monoisotopic (exact) mass is 308 g/mol. The molecule has 0 radical (unpaired) electrons. The molecule has 2 fully saturated rings. The number of β-lactam (4-membered cyclic amide) rings is 1. The van der Waals surface area contributed by atoms with E-state index in [1.807, 2.05) is 6.08 Å². The molecule has 114 valence electrons. The number of allylic oxidation sites excluding steroid dienone is 1. The predicted molar refractivity (Wildman–Crippen MR) is 78.9 cm³/mol. The van der Waals surface area contributed by atoms with Crippen molar-refractivity contribution in [3.05, 3.63) is 23.4 Å². The summed E-state index contributed by atoms with van der Waals surface area (Å²) in [4.78, 5) is 24.4. The van der Waals surface area contributed by atoms with E-state index in [0.717, 1.165) is 11.0 Å². The summed E-state index contributed by atoms with van der Waals surface area (Å²) in [6.45, 7) is 3.27. The van der Waals surface area contributed by atoms with Crippen LogP contribution in [0.25, 0.3) is 0 Å². The number of nitrogens with zero attached hydrogens (tertiary/aromatic N) is 2. The summed E-state index contributed by atoms with van der Waals surface area (Å²) in [5, 5.41) is 11.4. The number of hydrogen-bond donors (Lipinski definition) is 0. The van der Waals surface area contributed by atoms with Crippen molar-refractivity contribution in [1.29, 1.82) is 0 Å². The van der Waals surface area contributed by atoms with Crippen LogP contribution in [-0.2, 0) is 9.59 Å². The van der Waals surface area contributed by atoms with Crippen molar-refractivity contribution in [1.82, 2.24) is 4.90 Å². The molecule has 0 aromatic rings. The van der Waals surface area contributed by atoms with Crippen LogP contribution in [0.2, 0.25) is 0 Å². The van der Waals surface area contributed by atoms with Gasteiger partial charge in [0.05, 0.1) is 50.1 Å². The van der Waals surface area contributed by atoms with Crippen molar-refractivity contribution < 1.29 is 19.2 Å². The minimum atomic E-state index is -1.24. The van der Waals surface area contributed by atoms with Gasteiger partial charge in [-0.2, -0.15) is 0 Å². The largest absolute Gasteiger partial charge is 0.543 e. The first-order valence-corrected chi connectivity index (χ1v) is 8.43. The Morgan fingerprint density at radius 2 is 2.19 bits per heavy atom. The number of amides is 1. The predicted octanol–water partition coefficient (Wildman–Crippen LogP) is 0.0922. The van der Waals surface area contributed by atoms with E-state index in [2.05, 4.69) is 13.1 Å². The van der Waals surface area contributed by atoms with Crippen molar-refractivity contribution in [3.8, 4) is 0 Å². The maximum atomic E-state index is 11.6. The Morgan fingerprint density at radius 1 is 1.48 bits per heavy atom. The van der Waals surface area contributed by atoms with Crippen molar-refractivity contribution in [2.75, 3.05) is 32.4 Å². The van der Waals surface area contributed by atoms with Crippen molar-refractivity contribution in [3.63, 3.8) is 0 Å². The Bertz CT molecular complexity index is 535. The Hall–Kier alpha value is -1.27. The molecule has 5 nitrogen and oxygen atoms in total. The van der Waals surface area contributed by atoms with Gasteiger partial charge in [-0.3, -0.25) is 9.69 Å². The number of carboxylic acid groups (broad SMARTS) is 1. The summed E-state index contributed by atoms with van der Waals surface area (Å²) < 4.78 is 1.02. The number of hydrogen-bond acceptors (Lipinski definition) is 4. The fourth-order valence-corrected chi connectivity index (χ4v) is 4.52. The van der Waals surface area contributed by atoms with E-state index in [0.29, 0.717) is 17.7 Å². The minimum Gasteiger partial charge on any atom is -0.543 e. The van der Waals surface area contributed by atoms with Gasteiger partial charge in [-0.05, 0) is 11.6 Å². The van der Waals surface area contributed by atoms with Gasteiger partial charge >= 0.3 is 0 Å². The molecule has 3 rings (SSSR count). The zero-order chi connectivity index (χ0) is 15.0. The second-order valence-corrected chi connectivity index (χ2v) is 7.42. The number of rotatable bonds is 4. The molecular weight excluding hydrogens is 288 g/mol. The summed E-state index contributed by atoms with van der Waals surface area (Å²) in [6, 6.07) is 0. The van der Waals surface area contributed by atoms with E-state index in [1.54, 1.807) is 11.8 Å². The van der Waals surface area contributed by atoms with Crippen molar-refractivity contribution >= 4 is 23.6 Å². The van der Waals surface area contributed by atoms with Gasteiger partial charge in [-0.15, -0.1) is 11.8 Å². The van der Waals surface area contributed by atoms with Crippen LogP contribution >= 0.6 is 11.8 Å². The molecule has 3 heterocycles. The molecule has 0 aliphatic carbocycles. The summed E-state index contributed by atoms with van der Waals surface area (Å²) in [6.07, 6.45) is 6.89. The molecular formula is C15H20N2O3S. The van der Waals surface area contributed by atoms with Gasteiger partial charge in [0.2, 0.25) is 5.91 Å². The highest BCUT2D eigenvalue weighted by Crippen LogP contribution is 2.39. The van der Waals surface area contributed by atoms with E-state index < -0.39 is 5.97 Å². The molecule has 0 unspecified atom stereocenters. The third-order valence-corrected chi connectivity index (χ3v) is 5.83. The van der Waals surface area contributed by atoms with Crippen LogP contribution in [-0.4, -0.2) is 59.1 Å². The average Bonchev–Trinajstić information content (AvgIpc) is 2.85. The Kier molecular flexibility index (Phi) is 3.84. The molecule has 6 heteroatoms. The van der Waals surface area contributed by atoms with Gasteiger partial charge in [0.15, 0.2) is 0 Å². The maximum absolute atomic E-state index is 11.6. The zero-order valence-electron chi connectivity index (χ0n) is 12.2. The quantitative estimate of drug-likeness (QED) is 0.546. The zero-order valence-corrected chi connectivity index (χ0v) is 13.0. The Balaban J connectivity index is 1.76. The second kappa shape index (κ2) is 5.50. The van der Waals surface area contributed by atoms with Crippen LogP contribution in [0.5, 0.6) is 0 Å². The highest BCUT2D eigenvalue weighted by atomic mass is 32.2. The number of carbonyl (C=O) groups is 2. The van der Waals surface area contributed by atoms with E-state index in [4.69, 9.17) is 0 Å². The van der Waals surface area contributed by atoms with Crippen LogP contribution < -0.4 is 5.11 Å². The number of fused-ring (bicyclic) bond motifs is 1. The molecule has 0 aromatic heterocycles. The van der Waals surface area contributed by atoms with Crippen LogP contribution in [0.1, 0.15) is 19.3 Å². The lowest BCUT2D eigenvalue weighted by Crippen LogP contribution is -2.55. The standard InChI is InChI=1S/C15H20N2O3S/c1-17(6-2-3-7-17)8-4-5-11-10-21-13-9-12(18)16(13)14(11)15(19)20/h4-5,13H,2-3,6-10H2,1H3/t13-/m1/s1. The Labute approximate surface area is 128 Å². The van der Waals surface area contributed by atoms with Gasteiger partial charge in [0.1, 0.15) is 0 Å². The van der Waals surface area contributed by atoms with Gasteiger partial charge in [0, 0.05) is 18.6 Å². The second-order valence-electron chi connectivity index (χ2n) is 6.25. The molecule has 3 aliphatic heterocycles. The van der Waals surface area contributed by atoms with Crippen LogP contribution in [0.3, 0.4) is 0 Å². The van der Waals surface area contributed by atoms with Crippen molar-refractivity contribution in [2.24, 2.45) is 0 Å². The number of carbonyl (C=O) groups excluding carboxylic acids is 2. The molecule has 0 N–H and O–H groups in total. The smallest absolute Gasteiger partial charge is 0.231 e.